The Morgan fingerprint density at radius 2 is 2.14 bits per heavy atom. The van der Waals surface area contributed by atoms with Gasteiger partial charge >= 0.3 is 0 Å². The summed E-state index contributed by atoms with van der Waals surface area (Å²) >= 11 is 5.64. The molecule has 0 saturated heterocycles. The van der Waals surface area contributed by atoms with Crippen molar-refractivity contribution < 1.29 is 14.3 Å². The van der Waals surface area contributed by atoms with Crippen molar-refractivity contribution in [2.75, 3.05) is 5.32 Å². The third kappa shape index (κ3) is 3.40. The van der Waals surface area contributed by atoms with Crippen LogP contribution in [0.5, 0.6) is 0 Å². The van der Waals surface area contributed by atoms with E-state index in [4.69, 9.17) is 11.6 Å². The van der Waals surface area contributed by atoms with E-state index >= 15 is 0 Å². The van der Waals surface area contributed by atoms with Crippen molar-refractivity contribution in [3.05, 3.63) is 46.9 Å². The number of nitrogens with one attached hydrogen (secondary N) is 1. The average Bonchev–Trinajstić information content (AvgIpc) is 2.86. The maximum Gasteiger partial charge on any atom is 0.259 e. The Morgan fingerprint density at radius 3 is 2.76 bits per heavy atom. The van der Waals surface area contributed by atoms with Gasteiger partial charge in [0.25, 0.3) is 5.91 Å². The lowest BCUT2D eigenvalue weighted by Gasteiger charge is -2.15. The zero-order chi connectivity index (χ0) is 15.6. The molecular weight excluding hydrogens is 297 g/mol. The first kappa shape index (κ1) is 15.5. The molecule has 2 rings (SSSR count). The molecule has 0 aliphatic rings. The maximum absolute atomic E-state index is 13.7. The molecule has 0 aliphatic carbocycles. The van der Waals surface area contributed by atoms with Gasteiger partial charge in [-0.15, -0.1) is 0 Å². The van der Waals surface area contributed by atoms with Crippen LogP contribution >= 0.6 is 11.6 Å². The van der Waals surface area contributed by atoms with Crippen LogP contribution in [0.1, 0.15) is 31.6 Å². The minimum absolute atomic E-state index is 0.0414. The number of carbonyl (C=O) groups is 1. The number of hydrogen-bond acceptors (Lipinski definition) is 3. The first-order valence-corrected chi connectivity index (χ1v) is 6.75. The number of hydrogen-bond donors (Lipinski definition) is 2. The second-order valence-corrected chi connectivity index (χ2v) is 5.25. The van der Waals surface area contributed by atoms with Crippen molar-refractivity contribution in [1.29, 1.82) is 0 Å². The number of aliphatic hydroxyl groups excluding tert-OH is 1. The molecule has 5 nitrogen and oxygen atoms in total. The summed E-state index contributed by atoms with van der Waals surface area (Å²) in [6, 6.07) is 5.38. The topological polar surface area (TPSA) is 67.2 Å². The van der Waals surface area contributed by atoms with Gasteiger partial charge in [0.2, 0.25) is 0 Å². The maximum atomic E-state index is 13.7. The summed E-state index contributed by atoms with van der Waals surface area (Å²) in [5.74, 6) is -1.04. The lowest BCUT2D eigenvalue weighted by atomic mass is 10.1. The molecule has 7 heteroatoms. The first-order valence-electron chi connectivity index (χ1n) is 6.37. The molecule has 0 fully saturated rings. The van der Waals surface area contributed by atoms with E-state index in [2.05, 4.69) is 10.4 Å². The van der Waals surface area contributed by atoms with Gasteiger partial charge in [0, 0.05) is 22.7 Å². The first-order chi connectivity index (χ1) is 9.90. The molecule has 1 aromatic carbocycles. The van der Waals surface area contributed by atoms with Crippen molar-refractivity contribution in [2.45, 2.75) is 26.0 Å². The van der Waals surface area contributed by atoms with Gasteiger partial charge < -0.3 is 10.4 Å². The number of nitrogens with zero attached hydrogens (tertiary/aromatic N) is 2. The van der Waals surface area contributed by atoms with Crippen LogP contribution in [-0.2, 0) is 4.79 Å². The Morgan fingerprint density at radius 1 is 1.43 bits per heavy atom. The smallest absolute Gasteiger partial charge is 0.259 e. The number of amides is 1. The molecule has 1 atom stereocenters. The highest BCUT2D eigenvalue weighted by Gasteiger charge is 2.22. The fourth-order valence-electron chi connectivity index (χ4n) is 1.88. The SMILES string of the molecule is CC(C)n1nccc1NC(=O)C(O)c1ccc(Cl)cc1F. The monoisotopic (exact) mass is 311 g/mol. The van der Waals surface area contributed by atoms with Gasteiger partial charge in [0.05, 0.1) is 6.20 Å². The molecule has 112 valence electrons. The Kier molecular flexibility index (Phi) is 4.59. The van der Waals surface area contributed by atoms with E-state index in [9.17, 15) is 14.3 Å². The molecule has 0 radical (unpaired) electrons. The third-order valence-corrected chi connectivity index (χ3v) is 3.15. The highest BCUT2D eigenvalue weighted by molar-refractivity contribution is 6.30. The van der Waals surface area contributed by atoms with Gasteiger partial charge in [0.1, 0.15) is 11.6 Å². The second-order valence-electron chi connectivity index (χ2n) is 4.81. The second kappa shape index (κ2) is 6.24. The molecule has 0 saturated carbocycles. The number of rotatable bonds is 4. The number of aromatic nitrogens is 2. The fourth-order valence-corrected chi connectivity index (χ4v) is 2.04. The minimum Gasteiger partial charge on any atom is -0.378 e. The third-order valence-electron chi connectivity index (χ3n) is 2.92. The van der Waals surface area contributed by atoms with Crippen LogP contribution in [0.2, 0.25) is 5.02 Å². The van der Waals surface area contributed by atoms with Gasteiger partial charge in [-0.3, -0.25) is 4.79 Å². The van der Waals surface area contributed by atoms with E-state index in [0.717, 1.165) is 6.07 Å². The highest BCUT2D eigenvalue weighted by atomic mass is 35.5. The molecule has 0 aliphatic heterocycles. The average molecular weight is 312 g/mol. The molecular formula is C14H15ClFN3O2. The summed E-state index contributed by atoms with van der Waals surface area (Å²) < 4.78 is 15.3. The van der Waals surface area contributed by atoms with Gasteiger partial charge in [-0.25, -0.2) is 9.07 Å². The van der Waals surface area contributed by atoms with E-state index in [0.29, 0.717) is 5.82 Å². The van der Waals surface area contributed by atoms with Crippen LogP contribution in [0.25, 0.3) is 0 Å². The van der Waals surface area contributed by atoms with Gasteiger partial charge in [-0.1, -0.05) is 17.7 Å². The van der Waals surface area contributed by atoms with Gasteiger partial charge in [0.15, 0.2) is 6.10 Å². The molecule has 0 spiro atoms. The number of halogens is 2. The molecule has 1 heterocycles. The minimum atomic E-state index is -1.63. The molecule has 1 aromatic heterocycles. The predicted octanol–water partition coefficient (Wildman–Crippen LogP) is 2.93. The predicted molar refractivity (Wildman–Crippen MR) is 77.6 cm³/mol. The van der Waals surface area contributed by atoms with E-state index < -0.39 is 17.8 Å². The van der Waals surface area contributed by atoms with Crippen molar-refractivity contribution in [2.24, 2.45) is 0 Å². The van der Waals surface area contributed by atoms with Crippen LogP contribution < -0.4 is 5.32 Å². The van der Waals surface area contributed by atoms with Crippen LogP contribution in [0.15, 0.2) is 30.5 Å². The largest absolute Gasteiger partial charge is 0.378 e. The highest BCUT2D eigenvalue weighted by Crippen LogP contribution is 2.22. The summed E-state index contributed by atoms with van der Waals surface area (Å²) in [7, 11) is 0. The van der Waals surface area contributed by atoms with Gasteiger partial charge in [-0.2, -0.15) is 5.10 Å². The van der Waals surface area contributed by atoms with E-state index in [-0.39, 0.29) is 16.6 Å². The Balaban J connectivity index is 2.18. The summed E-state index contributed by atoms with van der Waals surface area (Å²) in [4.78, 5) is 12.0. The summed E-state index contributed by atoms with van der Waals surface area (Å²) in [5.41, 5.74) is -0.132. The molecule has 2 N–H and O–H groups in total. The Labute approximate surface area is 126 Å². The number of carbonyl (C=O) groups excluding carboxylic acids is 1. The number of benzene rings is 1. The van der Waals surface area contributed by atoms with Crippen LogP contribution in [0.3, 0.4) is 0 Å². The van der Waals surface area contributed by atoms with E-state index in [1.165, 1.54) is 18.3 Å². The molecule has 0 bridgehead atoms. The van der Waals surface area contributed by atoms with Crippen LogP contribution in [0.4, 0.5) is 10.2 Å². The Bertz CT molecular complexity index is 657. The lowest BCUT2D eigenvalue weighted by Crippen LogP contribution is -2.23. The van der Waals surface area contributed by atoms with Crippen molar-refractivity contribution in [3.8, 4) is 0 Å². The van der Waals surface area contributed by atoms with Crippen molar-refractivity contribution in [3.63, 3.8) is 0 Å². The van der Waals surface area contributed by atoms with E-state index in [1.54, 1.807) is 10.7 Å². The van der Waals surface area contributed by atoms with E-state index in [1.807, 2.05) is 13.8 Å². The zero-order valence-corrected chi connectivity index (χ0v) is 12.3. The summed E-state index contributed by atoms with van der Waals surface area (Å²) in [6.07, 6.45) is -0.0944. The van der Waals surface area contributed by atoms with Crippen LogP contribution in [-0.4, -0.2) is 20.8 Å². The zero-order valence-electron chi connectivity index (χ0n) is 11.5. The number of anilines is 1. The normalized spacial score (nSPS) is 12.5. The van der Waals surface area contributed by atoms with Gasteiger partial charge in [-0.05, 0) is 26.0 Å². The van der Waals surface area contributed by atoms with Crippen LogP contribution in [0, 0.1) is 5.82 Å². The molecule has 21 heavy (non-hydrogen) atoms. The molecule has 1 unspecified atom stereocenters. The Hall–Kier alpha value is -1.92. The van der Waals surface area contributed by atoms with Crippen molar-refractivity contribution in [1.82, 2.24) is 9.78 Å². The fraction of sp³-hybridized carbons (Fsp3) is 0.286. The summed E-state index contributed by atoms with van der Waals surface area (Å²) in [6.45, 7) is 3.80. The summed E-state index contributed by atoms with van der Waals surface area (Å²) in [5, 5.41) is 16.7. The standard InChI is InChI=1S/C14H15ClFN3O2/c1-8(2)19-12(5-6-17-19)18-14(21)13(20)10-4-3-9(15)7-11(10)16/h3-8,13,20H,1-2H3,(H,18,21). The van der Waals surface area contributed by atoms with Crippen molar-refractivity contribution >= 4 is 23.3 Å². The lowest BCUT2D eigenvalue weighted by molar-refractivity contribution is -0.124. The number of aliphatic hydroxyl groups is 1. The molecule has 2 aromatic rings. The quantitative estimate of drug-likeness (QED) is 0.912. The molecule has 1 amide bonds.